The number of hydrogen-bond donors (Lipinski definition) is 0. The Morgan fingerprint density at radius 2 is 1.03 bits per heavy atom. The fourth-order valence-electron chi connectivity index (χ4n) is 2.90. The summed E-state index contributed by atoms with van der Waals surface area (Å²) in [6.07, 6.45) is 19.9. The van der Waals surface area contributed by atoms with Crippen molar-refractivity contribution in [2.75, 3.05) is 13.2 Å². The van der Waals surface area contributed by atoms with Crippen molar-refractivity contribution in [2.24, 2.45) is 0 Å². The van der Waals surface area contributed by atoms with Gasteiger partial charge in [-0.3, -0.25) is 0 Å². The van der Waals surface area contributed by atoms with Crippen LogP contribution >= 0.6 is 0 Å². The predicted octanol–water partition coefficient (Wildman–Crippen LogP) is 7.92. The molecule has 0 aromatic heterocycles. The predicted molar refractivity (Wildman–Crippen MR) is 124 cm³/mol. The molecule has 3 radical (unpaired) electrons. The van der Waals surface area contributed by atoms with Crippen molar-refractivity contribution in [3.05, 3.63) is 0 Å². The van der Waals surface area contributed by atoms with Crippen LogP contribution in [0.15, 0.2) is 0 Å². The first kappa shape index (κ1) is 31.2. The second-order valence-electron chi connectivity index (χ2n) is 7.80. The molecule has 0 N–H and O–H groups in total. The molecule has 0 aliphatic rings. The molecule has 0 saturated carbocycles. The summed E-state index contributed by atoms with van der Waals surface area (Å²) in [7, 11) is 0. The quantitative estimate of drug-likeness (QED) is 0.0987. The summed E-state index contributed by atoms with van der Waals surface area (Å²) in [6.45, 7) is 9.73. The number of rotatable bonds is 19. The number of carbonyl (C=O) groups excluding carboxylic acids is 1. The summed E-state index contributed by atoms with van der Waals surface area (Å²) < 4.78 is 15.3. The van der Waals surface area contributed by atoms with Gasteiger partial charge in [-0.05, 0) is 12.8 Å². The largest absolute Gasteiger partial charge is 0.508 e. The van der Waals surface area contributed by atoms with Gasteiger partial charge in [0.25, 0.3) is 0 Å². The fourth-order valence-corrected chi connectivity index (χ4v) is 3.58. The Hall–Kier alpha value is 0.0287. The second-order valence-corrected chi connectivity index (χ2v) is 8.47. The average Bonchev–Trinajstić information content (AvgIpc) is 2.74. The first-order valence-electron chi connectivity index (χ1n) is 12.3. The summed E-state index contributed by atoms with van der Waals surface area (Å²) in [5.74, 6) is 0. The van der Waals surface area contributed by atoms with E-state index in [4.69, 9.17) is 12.5 Å². The maximum atomic E-state index is 10.9. The average molecular weight is 520 g/mol. The number of carbonyl (C=O) groups is 1. The smallest absolute Gasteiger partial charge is 0.434 e. The molecule has 0 aromatic carbocycles. The minimum Gasteiger partial charge on any atom is -0.434 e. The summed E-state index contributed by atoms with van der Waals surface area (Å²) in [6, 6.07) is 0. The number of ether oxygens (including phenoxy) is 2. The van der Waals surface area contributed by atoms with Crippen LogP contribution in [0, 0.1) is 0 Å². The molecule has 29 heavy (non-hydrogen) atoms. The third-order valence-corrected chi connectivity index (χ3v) is 5.81. The van der Waals surface area contributed by atoms with E-state index in [9.17, 15) is 4.79 Å². The van der Waals surface area contributed by atoms with Crippen molar-refractivity contribution >= 4 is 29.1 Å². The standard InChI is InChI=1S/C13H27O.C11H22O3.Sn/c1-3-5-7-8-9-10-12-13(14)11-6-4-2;1-3-5-7-9-13-11(12)14-10-8-6-4-2;/h13H,3-12H2,1-2H3;3-10H2,1-2H3;/q-1;;+1. The molecule has 5 heteroatoms. The van der Waals surface area contributed by atoms with Crippen LogP contribution in [0.1, 0.15) is 130 Å². The van der Waals surface area contributed by atoms with Crippen molar-refractivity contribution in [3.63, 3.8) is 0 Å². The Kier molecular flexibility index (Phi) is 30.2. The Balaban J connectivity index is 0. The van der Waals surface area contributed by atoms with Gasteiger partial charge in [0.05, 0.1) is 13.2 Å². The molecular formula is C24H49O4Sn. The zero-order valence-corrected chi connectivity index (χ0v) is 22.8. The maximum absolute atomic E-state index is 10.9. The molecule has 1 atom stereocenters. The topological polar surface area (TPSA) is 44.8 Å². The van der Waals surface area contributed by atoms with Crippen LogP contribution in [0.5, 0.6) is 0 Å². The molecule has 0 aliphatic carbocycles. The third-order valence-electron chi connectivity index (χ3n) is 4.86. The van der Waals surface area contributed by atoms with E-state index in [0.29, 0.717) is 19.3 Å². The molecule has 0 aromatic rings. The van der Waals surface area contributed by atoms with Gasteiger partial charge in [0.15, 0.2) is 0 Å². The summed E-state index contributed by atoms with van der Waals surface area (Å²) >= 11 is 1.24. The van der Waals surface area contributed by atoms with Crippen molar-refractivity contribution < 1.29 is 17.3 Å². The summed E-state index contributed by atoms with van der Waals surface area (Å²) in [4.78, 5) is 10.9. The van der Waals surface area contributed by atoms with Crippen LogP contribution in [0.4, 0.5) is 4.79 Å². The summed E-state index contributed by atoms with van der Waals surface area (Å²) in [5.41, 5.74) is 0. The Morgan fingerprint density at radius 1 is 0.621 bits per heavy atom. The van der Waals surface area contributed by atoms with E-state index in [-0.39, 0.29) is 0 Å². The van der Waals surface area contributed by atoms with Gasteiger partial charge < -0.3 is 9.47 Å². The zero-order valence-electron chi connectivity index (χ0n) is 19.9. The zero-order chi connectivity index (χ0) is 22.0. The second kappa shape index (κ2) is 28.0. The first-order chi connectivity index (χ1) is 14.2. The molecule has 173 valence electrons. The Bertz CT molecular complexity index is 299. The SMILES string of the molecule is CCCCCCCCC(CCCC)[O][Sn].CCCCCOC(=O)OCCCCC. The maximum Gasteiger partial charge on any atom is 0.508 e. The van der Waals surface area contributed by atoms with Gasteiger partial charge in [-0.15, -0.1) is 0 Å². The van der Waals surface area contributed by atoms with Crippen molar-refractivity contribution in [1.82, 2.24) is 0 Å². The minimum absolute atomic E-state index is 0.487. The molecule has 1 unspecified atom stereocenters. The molecular weight excluding hydrogens is 471 g/mol. The van der Waals surface area contributed by atoms with Gasteiger partial charge in [-0.2, -0.15) is 0 Å². The minimum atomic E-state index is -0.516. The first-order valence-corrected chi connectivity index (χ1v) is 13.4. The van der Waals surface area contributed by atoms with Crippen LogP contribution in [-0.2, 0) is 12.5 Å². The molecule has 0 heterocycles. The molecule has 0 rings (SSSR count). The van der Waals surface area contributed by atoms with E-state index in [1.807, 2.05) is 0 Å². The fraction of sp³-hybridized carbons (Fsp3) is 0.958. The number of unbranched alkanes of at least 4 members (excludes halogenated alkanes) is 10. The molecule has 0 amide bonds. The molecule has 0 bridgehead atoms. The van der Waals surface area contributed by atoms with Crippen LogP contribution < -0.4 is 0 Å². The van der Waals surface area contributed by atoms with Gasteiger partial charge in [-0.25, -0.2) is 4.79 Å². The van der Waals surface area contributed by atoms with Crippen LogP contribution in [0.2, 0.25) is 0 Å². The van der Waals surface area contributed by atoms with Gasteiger partial charge in [0.2, 0.25) is 0 Å². The van der Waals surface area contributed by atoms with E-state index in [1.54, 1.807) is 0 Å². The van der Waals surface area contributed by atoms with Crippen molar-refractivity contribution in [3.8, 4) is 0 Å². The molecule has 4 nitrogen and oxygen atoms in total. The van der Waals surface area contributed by atoms with Gasteiger partial charge in [0.1, 0.15) is 0 Å². The van der Waals surface area contributed by atoms with E-state index in [0.717, 1.165) is 38.5 Å². The van der Waals surface area contributed by atoms with Gasteiger partial charge in [-0.1, -0.05) is 39.5 Å². The molecule has 0 saturated heterocycles. The van der Waals surface area contributed by atoms with Gasteiger partial charge >= 0.3 is 116 Å². The number of hydrogen-bond acceptors (Lipinski definition) is 4. The molecule has 0 spiro atoms. The third kappa shape index (κ3) is 28.0. The van der Waals surface area contributed by atoms with Gasteiger partial charge in [0, 0.05) is 0 Å². The normalized spacial score (nSPS) is 11.5. The van der Waals surface area contributed by atoms with Crippen LogP contribution in [-0.4, -0.2) is 48.4 Å². The van der Waals surface area contributed by atoms with Crippen LogP contribution in [0.3, 0.4) is 0 Å². The Morgan fingerprint density at radius 3 is 1.52 bits per heavy atom. The molecule has 0 fully saturated rings. The monoisotopic (exact) mass is 521 g/mol. The molecule has 0 aliphatic heterocycles. The van der Waals surface area contributed by atoms with E-state index < -0.39 is 6.16 Å². The Labute approximate surface area is 195 Å². The van der Waals surface area contributed by atoms with E-state index in [2.05, 4.69) is 27.7 Å². The van der Waals surface area contributed by atoms with E-state index in [1.165, 1.54) is 87.1 Å². The van der Waals surface area contributed by atoms with Crippen LogP contribution in [0.25, 0.3) is 0 Å². The van der Waals surface area contributed by atoms with E-state index >= 15 is 0 Å². The van der Waals surface area contributed by atoms with Crippen molar-refractivity contribution in [2.45, 2.75) is 137 Å². The van der Waals surface area contributed by atoms with Crippen molar-refractivity contribution in [1.29, 1.82) is 0 Å². The summed E-state index contributed by atoms with van der Waals surface area (Å²) in [5, 5.41) is 0.